The average molecular weight is 253 g/mol. The van der Waals surface area contributed by atoms with Crippen LogP contribution in [0.2, 0.25) is 0 Å². The van der Waals surface area contributed by atoms with E-state index >= 15 is 0 Å². The maximum absolute atomic E-state index is 4.34. The van der Waals surface area contributed by atoms with Crippen LogP contribution in [0.15, 0.2) is 12.5 Å². The van der Waals surface area contributed by atoms with Gasteiger partial charge in [0.05, 0.1) is 6.33 Å². The number of aromatic nitrogens is 2. The molecule has 2 unspecified atom stereocenters. The van der Waals surface area contributed by atoms with Gasteiger partial charge in [-0.2, -0.15) is 11.8 Å². The zero-order chi connectivity index (χ0) is 12.1. The fraction of sp³-hybridized carbons (Fsp3) is 0.769. The molecule has 0 bridgehead atoms. The van der Waals surface area contributed by atoms with Crippen molar-refractivity contribution in [3.05, 3.63) is 18.2 Å². The molecule has 0 saturated carbocycles. The van der Waals surface area contributed by atoms with Gasteiger partial charge in [0.25, 0.3) is 0 Å². The molecule has 2 heterocycles. The summed E-state index contributed by atoms with van der Waals surface area (Å²) in [6.45, 7) is 5.71. The van der Waals surface area contributed by atoms with E-state index in [2.05, 4.69) is 34.2 Å². The van der Waals surface area contributed by atoms with Crippen molar-refractivity contribution in [1.29, 1.82) is 0 Å². The second-order valence-corrected chi connectivity index (χ2v) is 5.99. The fourth-order valence-corrected chi connectivity index (χ4v) is 3.28. The molecular weight excluding hydrogens is 230 g/mol. The monoisotopic (exact) mass is 253 g/mol. The zero-order valence-electron chi connectivity index (χ0n) is 10.9. The van der Waals surface area contributed by atoms with Gasteiger partial charge in [-0.3, -0.25) is 0 Å². The molecule has 0 aliphatic carbocycles. The third-order valence-corrected chi connectivity index (χ3v) is 4.32. The smallest absolute Gasteiger partial charge is 0.0948 e. The summed E-state index contributed by atoms with van der Waals surface area (Å²) in [5.74, 6) is 2.60. The van der Waals surface area contributed by atoms with E-state index in [0.717, 1.165) is 19.0 Å². The molecule has 0 aromatic carbocycles. The highest BCUT2D eigenvalue weighted by Crippen LogP contribution is 2.23. The van der Waals surface area contributed by atoms with E-state index in [0.29, 0.717) is 5.92 Å². The molecule has 1 aromatic heterocycles. The van der Waals surface area contributed by atoms with Crippen LogP contribution in [0.3, 0.4) is 0 Å². The van der Waals surface area contributed by atoms with Gasteiger partial charge in [0, 0.05) is 30.9 Å². The molecule has 2 atom stereocenters. The number of thioether (sulfide) groups is 1. The van der Waals surface area contributed by atoms with Crippen LogP contribution in [0, 0.1) is 5.92 Å². The van der Waals surface area contributed by atoms with Gasteiger partial charge in [0.2, 0.25) is 0 Å². The highest BCUT2D eigenvalue weighted by molar-refractivity contribution is 7.98. The molecular formula is C13H23N3S. The van der Waals surface area contributed by atoms with E-state index in [1.807, 2.05) is 18.1 Å². The summed E-state index contributed by atoms with van der Waals surface area (Å²) in [4.78, 5) is 4.34. The topological polar surface area (TPSA) is 29.9 Å². The molecule has 0 amide bonds. The molecule has 96 valence electrons. The van der Waals surface area contributed by atoms with Gasteiger partial charge in [-0.15, -0.1) is 0 Å². The van der Waals surface area contributed by atoms with E-state index < -0.39 is 0 Å². The van der Waals surface area contributed by atoms with E-state index in [1.165, 1.54) is 30.8 Å². The Morgan fingerprint density at radius 1 is 1.65 bits per heavy atom. The largest absolute Gasteiger partial charge is 0.334 e. The minimum atomic E-state index is 0.660. The Morgan fingerprint density at radius 2 is 2.53 bits per heavy atom. The Balaban J connectivity index is 2.00. The highest BCUT2D eigenvalue weighted by Gasteiger charge is 2.19. The molecule has 2 rings (SSSR count). The molecule has 1 saturated heterocycles. The second kappa shape index (κ2) is 6.45. The lowest BCUT2D eigenvalue weighted by molar-refractivity contribution is 0.427. The van der Waals surface area contributed by atoms with Gasteiger partial charge in [-0.25, -0.2) is 4.98 Å². The van der Waals surface area contributed by atoms with Crippen LogP contribution in [0.4, 0.5) is 0 Å². The normalized spacial score (nSPS) is 22.6. The molecule has 1 aromatic rings. The quantitative estimate of drug-likeness (QED) is 0.873. The number of rotatable bonds is 5. The van der Waals surface area contributed by atoms with Crippen molar-refractivity contribution in [2.45, 2.75) is 32.2 Å². The number of nitrogens with one attached hydrogen (secondary N) is 1. The Hall–Kier alpha value is -0.480. The lowest BCUT2D eigenvalue weighted by atomic mass is 9.96. The predicted octanol–water partition coefficient (Wildman–Crippen LogP) is 2.35. The van der Waals surface area contributed by atoms with E-state index in [-0.39, 0.29) is 0 Å². The lowest BCUT2D eigenvalue weighted by Gasteiger charge is -2.24. The van der Waals surface area contributed by atoms with Gasteiger partial charge in [-0.05, 0) is 37.3 Å². The molecule has 1 N–H and O–H groups in total. The first-order valence-electron chi connectivity index (χ1n) is 6.51. The van der Waals surface area contributed by atoms with E-state index in [9.17, 15) is 0 Å². The van der Waals surface area contributed by atoms with Crippen LogP contribution in [-0.2, 0) is 6.54 Å². The number of hydrogen-bond acceptors (Lipinski definition) is 3. The molecule has 0 spiro atoms. The van der Waals surface area contributed by atoms with Crippen LogP contribution in [0.5, 0.6) is 0 Å². The molecule has 17 heavy (non-hydrogen) atoms. The van der Waals surface area contributed by atoms with Crippen molar-refractivity contribution in [3.63, 3.8) is 0 Å². The van der Waals surface area contributed by atoms with Crippen LogP contribution in [0.1, 0.15) is 31.4 Å². The maximum Gasteiger partial charge on any atom is 0.0948 e. The predicted molar refractivity (Wildman–Crippen MR) is 74.6 cm³/mol. The summed E-state index contributed by atoms with van der Waals surface area (Å²) >= 11 is 1.93. The molecule has 4 heteroatoms. The minimum Gasteiger partial charge on any atom is -0.334 e. The SMILES string of the molecule is CSCC(C)Cn1cncc1C1CCCNC1. The summed E-state index contributed by atoms with van der Waals surface area (Å²) in [5, 5.41) is 3.48. The van der Waals surface area contributed by atoms with Crippen molar-refractivity contribution >= 4 is 11.8 Å². The van der Waals surface area contributed by atoms with Crippen molar-refractivity contribution in [2.75, 3.05) is 25.1 Å². The van der Waals surface area contributed by atoms with Gasteiger partial charge >= 0.3 is 0 Å². The van der Waals surface area contributed by atoms with Crippen LogP contribution in [-0.4, -0.2) is 34.6 Å². The number of imidazole rings is 1. The second-order valence-electron chi connectivity index (χ2n) is 5.07. The highest BCUT2D eigenvalue weighted by atomic mass is 32.2. The minimum absolute atomic E-state index is 0.660. The molecule has 1 fully saturated rings. The van der Waals surface area contributed by atoms with E-state index in [1.54, 1.807) is 0 Å². The first-order chi connectivity index (χ1) is 8.31. The van der Waals surface area contributed by atoms with Crippen LogP contribution in [0.25, 0.3) is 0 Å². The number of hydrogen-bond donors (Lipinski definition) is 1. The molecule has 0 radical (unpaired) electrons. The van der Waals surface area contributed by atoms with E-state index in [4.69, 9.17) is 0 Å². The Morgan fingerprint density at radius 3 is 3.24 bits per heavy atom. The van der Waals surface area contributed by atoms with Crippen molar-refractivity contribution in [2.24, 2.45) is 5.92 Å². The molecule has 1 aliphatic rings. The number of nitrogens with zero attached hydrogens (tertiary/aromatic N) is 2. The Bertz CT molecular complexity index is 331. The van der Waals surface area contributed by atoms with Crippen LogP contribution >= 0.6 is 11.8 Å². The van der Waals surface area contributed by atoms with Crippen molar-refractivity contribution in [3.8, 4) is 0 Å². The Kier molecular flexibility index (Phi) is 4.92. The van der Waals surface area contributed by atoms with Crippen molar-refractivity contribution < 1.29 is 0 Å². The van der Waals surface area contributed by atoms with Gasteiger partial charge in [-0.1, -0.05) is 6.92 Å². The third kappa shape index (κ3) is 3.49. The lowest BCUT2D eigenvalue weighted by Crippen LogP contribution is -2.29. The average Bonchev–Trinajstić information content (AvgIpc) is 2.78. The fourth-order valence-electron chi connectivity index (χ4n) is 2.60. The third-order valence-electron chi connectivity index (χ3n) is 3.42. The van der Waals surface area contributed by atoms with Gasteiger partial charge in [0.1, 0.15) is 0 Å². The summed E-state index contributed by atoms with van der Waals surface area (Å²) in [6, 6.07) is 0. The summed E-state index contributed by atoms with van der Waals surface area (Å²) < 4.78 is 2.36. The summed E-state index contributed by atoms with van der Waals surface area (Å²) in [5.41, 5.74) is 1.42. The van der Waals surface area contributed by atoms with Crippen molar-refractivity contribution in [1.82, 2.24) is 14.9 Å². The maximum atomic E-state index is 4.34. The van der Waals surface area contributed by atoms with Crippen LogP contribution < -0.4 is 5.32 Å². The summed E-state index contributed by atoms with van der Waals surface area (Å²) in [6.07, 6.45) is 8.83. The standard InChI is InChI=1S/C13H23N3S/c1-11(9-17-2)8-16-10-15-7-13(16)12-4-3-5-14-6-12/h7,10-12,14H,3-6,8-9H2,1-2H3. The van der Waals surface area contributed by atoms with Gasteiger partial charge in [0.15, 0.2) is 0 Å². The summed E-state index contributed by atoms with van der Waals surface area (Å²) in [7, 11) is 0. The first kappa shape index (κ1) is 13.0. The Labute approximate surface area is 108 Å². The first-order valence-corrected chi connectivity index (χ1v) is 7.90. The molecule has 3 nitrogen and oxygen atoms in total. The van der Waals surface area contributed by atoms with Gasteiger partial charge < -0.3 is 9.88 Å². The number of piperidine rings is 1. The zero-order valence-corrected chi connectivity index (χ0v) is 11.7. The molecule has 1 aliphatic heterocycles.